The number of carbonyl (C=O) groups is 5. The van der Waals surface area contributed by atoms with Crippen LogP contribution in [0.3, 0.4) is 0 Å². The van der Waals surface area contributed by atoms with Gasteiger partial charge in [0.2, 0.25) is 23.6 Å². The van der Waals surface area contributed by atoms with Gasteiger partial charge < -0.3 is 4.74 Å². The van der Waals surface area contributed by atoms with E-state index >= 15 is 0 Å². The lowest BCUT2D eigenvalue weighted by atomic mass is 9.43. The average Bonchev–Trinajstić information content (AvgIpc) is 3.30. The SMILES string of the molecule is CCOC(=O)C1=C(C)C2[C@@H]3C(=O)N(c4c(C)cc(C)cc4C)C(=O)C3C1(C)[C@@H]1C(=O)N(c3c(C)cc(C)cc3C)C(=O)[C@H]21. The number of esters is 1. The topological polar surface area (TPSA) is 101 Å². The predicted molar refractivity (Wildman–Crippen MR) is 161 cm³/mol. The van der Waals surface area contributed by atoms with E-state index in [2.05, 4.69) is 0 Å². The molecule has 43 heavy (non-hydrogen) atoms. The summed E-state index contributed by atoms with van der Waals surface area (Å²) in [6.45, 7) is 16.7. The molecule has 2 bridgehead atoms. The highest BCUT2D eigenvalue weighted by Crippen LogP contribution is 2.69. The van der Waals surface area contributed by atoms with Crippen LogP contribution in [0.15, 0.2) is 35.4 Å². The zero-order valence-electron chi connectivity index (χ0n) is 26.2. The summed E-state index contributed by atoms with van der Waals surface area (Å²) < 4.78 is 5.50. The van der Waals surface area contributed by atoms with Crippen molar-refractivity contribution in [3.8, 4) is 0 Å². The maximum Gasteiger partial charge on any atom is 0.334 e. The monoisotopic (exact) mass is 582 g/mol. The lowest BCUT2D eigenvalue weighted by Crippen LogP contribution is -2.61. The molecule has 1 saturated carbocycles. The van der Waals surface area contributed by atoms with Crippen LogP contribution < -0.4 is 9.80 Å². The van der Waals surface area contributed by atoms with Crippen molar-refractivity contribution in [2.24, 2.45) is 35.0 Å². The van der Waals surface area contributed by atoms with Crippen LogP contribution in [0.25, 0.3) is 0 Å². The van der Waals surface area contributed by atoms with Crippen molar-refractivity contribution in [1.82, 2.24) is 0 Å². The molecule has 3 aliphatic carbocycles. The zero-order chi connectivity index (χ0) is 31.4. The van der Waals surface area contributed by atoms with Gasteiger partial charge in [-0.15, -0.1) is 0 Å². The van der Waals surface area contributed by atoms with E-state index in [-0.39, 0.29) is 24.0 Å². The molecule has 7 rings (SSSR count). The third kappa shape index (κ3) is 3.58. The smallest absolute Gasteiger partial charge is 0.334 e. The Morgan fingerprint density at radius 2 is 1.05 bits per heavy atom. The van der Waals surface area contributed by atoms with Gasteiger partial charge in [0.15, 0.2) is 0 Å². The number of ether oxygens (including phenoxy) is 1. The number of aryl methyl sites for hydroxylation is 6. The molecular formula is C35H38N2O6. The largest absolute Gasteiger partial charge is 0.463 e. The molecule has 2 aromatic carbocycles. The number of rotatable bonds is 4. The van der Waals surface area contributed by atoms with Crippen molar-refractivity contribution in [2.45, 2.75) is 62.3 Å². The van der Waals surface area contributed by atoms with Crippen LogP contribution in [0.2, 0.25) is 0 Å². The first-order valence-electron chi connectivity index (χ1n) is 15.0. The minimum Gasteiger partial charge on any atom is -0.463 e. The van der Waals surface area contributed by atoms with E-state index in [0.29, 0.717) is 16.9 Å². The summed E-state index contributed by atoms with van der Waals surface area (Å²) >= 11 is 0. The number of benzene rings is 2. The number of anilines is 2. The molecule has 0 N–H and O–H groups in total. The molecule has 0 aromatic heterocycles. The molecule has 4 amide bonds. The highest BCUT2D eigenvalue weighted by molar-refractivity contribution is 6.28. The number of hydrogen-bond donors (Lipinski definition) is 0. The third-order valence-corrected chi connectivity index (χ3v) is 10.4. The molecule has 8 nitrogen and oxygen atoms in total. The third-order valence-electron chi connectivity index (χ3n) is 10.4. The molecular weight excluding hydrogens is 544 g/mol. The molecule has 8 heteroatoms. The first kappa shape index (κ1) is 29.0. The van der Waals surface area contributed by atoms with E-state index in [4.69, 9.17) is 4.74 Å². The molecule has 0 radical (unpaired) electrons. The number of amides is 4. The Morgan fingerprint density at radius 1 is 0.674 bits per heavy atom. The second-order valence-electron chi connectivity index (χ2n) is 13.1. The first-order chi connectivity index (χ1) is 20.2. The number of nitrogens with zero attached hydrogens (tertiary/aromatic N) is 2. The molecule has 2 saturated heterocycles. The van der Waals surface area contributed by atoms with Crippen molar-refractivity contribution in [2.75, 3.05) is 16.4 Å². The van der Waals surface area contributed by atoms with Crippen molar-refractivity contribution in [3.63, 3.8) is 0 Å². The van der Waals surface area contributed by atoms with Gasteiger partial charge >= 0.3 is 5.97 Å². The molecule has 6 atom stereocenters. The number of carbonyl (C=O) groups excluding carboxylic acids is 5. The highest BCUT2D eigenvalue weighted by Gasteiger charge is 2.77. The van der Waals surface area contributed by atoms with E-state index in [1.54, 1.807) is 20.8 Å². The van der Waals surface area contributed by atoms with Crippen molar-refractivity contribution in [3.05, 3.63) is 68.8 Å². The van der Waals surface area contributed by atoms with Gasteiger partial charge in [-0.25, -0.2) is 14.6 Å². The van der Waals surface area contributed by atoms with Gasteiger partial charge in [-0.1, -0.05) is 47.9 Å². The molecule has 3 fully saturated rings. The van der Waals surface area contributed by atoms with Crippen molar-refractivity contribution in [1.29, 1.82) is 0 Å². The second kappa shape index (κ2) is 9.46. The summed E-state index contributed by atoms with van der Waals surface area (Å²) in [7, 11) is 0. The molecule has 0 spiro atoms. The maximum absolute atomic E-state index is 14.6. The Labute approximate surface area is 252 Å². The number of allylic oxidation sites excluding steroid dienone is 1. The number of hydrogen-bond acceptors (Lipinski definition) is 6. The van der Waals surface area contributed by atoms with Crippen LogP contribution in [0.4, 0.5) is 11.4 Å². The fourth-order valence-electron chi connectivity index (χ4n) is 9.30. The Bertz CT molecular complexity index is 1570. The van der Waals surface area contributed by atoms with Gasteiger partial charge in [-0.3, -0.25) is 19.2 Å². The van der Waals surface area contributed by atoms with Gasteiger partial charge in [0, 0.05) is 16.9 Å². The van der Waals surface area contributed by atoms with Crippen molar-refractivity contribution >= 4 is 41.0 Å². The Balaban J connectivity index is 1.57. The summed E-state index contributed by atoms with van der Waals surface area (Å²) in [5, 5.41) is 0. The van der Waals surface area contributed by atoms with Gasteiger partial charge in [-0.05, 0) is 77.6 Å². The molecule has 2 aromatic rings. The van der Waals surface area contributed by atoms with E-state index in [1.165, 1.54) is 9.80 Å². The van der Waals surface area contributed by atoms with Crippen LogP contribution in [-0.4, -0.2) is 36.2 Å². The summed E-state index contributed by atoms with van der Waals surface area (Å²) in [6, 6.07) is 7.72. The summed E-state index contributed by atoms with van der Waals surface area (Å²) in [6.07, 6.45) is 0. The van der Waals surface area contributed by atoms with Crippen LogP contribution in [-0.2, 0) is 28.7 Å². The molecule has 224 valence electrons. The fraction of sp³-hybridized carbons (Fsp3) is 0.457. The number of imide groups is 2. The minimum absolute atomic E-state index is 0.111. The second-order valence-corrected chi connectivity index (χ2v) is 13.1. The summed E-state index contributed by atoms with van der Waals surface area (Å²) in [4.78, 5) is 74.2. The summed E-state index contributed by atoms with van der Waals surface area (Å²) in [5.74, 6) is -6.80. The van der Waals surface area contributed by atoms with Gasteiger partial charge in [0.25, 0.3) is 0 Å². The van der Waals surface area contributed by atoms with E-state index in [9.17, 15) is 24.0 Å². The van der Waals surface area contributed by atoms with E-state index in [0.717, 1.165) is 33.4 Å². The van der Waals surface area contributed by atoms with Crippen LogP contribution in [0.5, 0.6) is 0 Å². The first-order valence-corrected chi connectivity index (χ1v) is 15.0. The van der Waals surface area contributed by atoms with E-state index < -0.39 is 52.8 Å². The Hall–Kier alpha value is -4.07. The Morgan fingerprint density at radius 3 is 1.40 bits per heavy atom. The zero-order valence-corrected chi connectivity index (χ0v) is 26.2. The van der Waals surface area contributed by atoms with Crippen LogP contribution in [0.1, 0.15) is 54.2 Å². The molecule has 2 heterocycles. The standard InChI is InChI=1S/C35H38N2O6/c1-10-43-34(42)25-21(8)22-23-26(32(40)36(30(23)38)28-17(4)11-15(2)12-18(28)5)35(25,9)27-24(22)31(39)37(33(27)41)29-19(6)13-16(3)14-20(29)7/h11-14,22-24,26-27H,10H2,1-9H3/t22?,23-,24+,26+,27?,35?/m1/s1. The summed E-state index contributed by atoms with van der Waals surface area (Å²) in [5.41, 5.74) is 5.61. The van der Waals surface area contributed by atoms with E-state index in [1.807, 2.05) is 65.8 Å². The van der Waals surface area contributed by atoms with Crippen LogP contribution >= 0.6 is 0 Å². The maximum atomic E-state index is 14.6. The Kier molecular flexibility index (Phi) is 6.39. The lowest BCUT2D eigenvalue weighted by Gasteiger charge is -2.55. The van der Waals surface area contributed by atoms with Crippen LogP contribution in [0, 0.1) is 76.5 Å². The fourth-order valence-corrected chi connectivity index (χ4v) is 9.30. The van der Waals surface area contributed by atoms with Gasteiger partial charge in [0.05, 0.1) is 41.7 Å². The molecule has 5 aliphatic rings. The lowest BCUT2D eigenvalue weighted by molar-refractivity contribution is -0.155. The average molecular weight is 583 g/mol. The van der Waals surface area contributed by atoms with Gasteiger partial charge in [-0.2, -0.15) is 0 Å². The predicted octanol–water partition coefficient (Wildman–Crippen LogP) is 4.98. The molecule has 2 aliphatic heterocycles. The normalized spacial score (nSPS) is 29.6. The van der Waals surface area contributed by atoms with Crippen molar-refractivity contribution < 1.29 is 28.7 Å². The minimum atomic E-state index is -1.43. The molecule has 3 unspecified atom stereocenters. The quantitative estimate of drug-likeness (QED) is 0.373. The van der Waals surface area contributed by atoms with Gasteiger partial charge in [0.1, 0.15) is 0 Å². The highest BCUT2D eigenvalue weighted by atomic mass is 16.5.